The Balaban J connectivity index is 2.11. The first-order valence-corrected chi connectivity index (χ1v) is 6.93. The van der Waals surface area contributed by atoms with Crippen molar-refractivity contribution in [3.63, 3.8) is 0 Å². The molecular formula is C15H22FNO3. The fourth-order valence-electron chi connectivity index (χ4n) is 2.67. The van der Waals surface area contributed by atoms with Crippen molar-refractivity contribution in [2.75, 3.05) is 19.7 Å². The van der Waals surface area contributed by atoms with Crippen LogP contribution in [-0.4, -0.2) is 47.6 Å². The molecule has 2 aliphatic rings. The standard InChI is InChI=1S/C15H22FNO3/c1-15(2,3)20-14(19)17-7-12-10(9-18)5-4-6-11(12)13(16)8-17/h4-6,10,12-13,18H,7-9H2,1-3H3. The van der Waals surface area contributed by atoms with Gasteiger partial charge in [-0.3, -0.25) is 0 Å². The Kier molecular flexibility index (Phi) is 4.18. The van der Waals surface area contributed by atoms with Gasteiger partial charge in [0, 0.05) is 25.0 Å². The first-order valence-electron chi connectivity index (χ1n) is 6.93. The van der Waals surface area contributed by atoms with Gasteiger partial charge in [-0.2, -0.15) is 0 Å². The molecule has 0 aromatic rings. The molecule has 0 aromatic heterocycles. The van der Waals surface area contributed by atoms with E-state index in [2.05, 4.69) is 0 Å². The van der Waals surface area contributed by atoms with E-state index in [-0.39, 0.29) is 25.0 Å². The minimum Gasteiger partial charge on any atom is -0.444 e. The molecule has 3 atom stereocenters. The monoisotopic (exact) mass is 283 g/mol. The Morgan fingerprint density at radius 2 is 2.20 bits per heavy atom. The fraction of sp³-hybridized carbons (Fsp3) is 0.667. The number of halogens is 1. The first kappa shape index (κ1) is 15.0. The molecular weight excluding hydrogens is 261 g/mol. The lowest BCUT2D eigenvalue weighted by Gasteiger charge is -2.40. The molecule has 1 saturated heterocycles. The van der Waals surface area contributed by atoms with Gasteiger partial charge < -0.3 is 14.7 Å². The van der Waals surface area contributed by atoms with E-state index < -0.39 is 17.9 Å². The van der Waals surface area contributed by atoms with Gasteiger partial charge in [0.2, 0.25) is 0 Å². The summed E-state index contributed by atoms with van der Waals surface area (Å²) >= 11 is 0. The number of nitrogens with zero attached hydrogens (tertiary/aromatic N) is 1. The van der Waals surface area contributed by atoms with E-state index in [1.165, 1.54) is 4.90 Å². The van der Waals surface area contributed by atoms with Crippen molar-refractivity contribution < 1.29 is 19.0 Å². The molecule has 0 aromatic carbocycles. The van der Waals surface area contributed by atoms with Crippen LogP contribution >= 0.6 is 0 Å². The van der Waals surface area contributed by atoms with Crippen LogP contribution in [0, 0.1) is 11.8 Å². The van der Waals surface area contributed by atoms with Crippen LogP contribution in [0.5, 0.6) is 0 Å². The lowest BCUT2D eigenvalue weighted by atomic mass is 9.78. The van der Waals surface area contributed by atoms with Gasteiger partial charge in [-0.25, -0.2) is 9.18 Å². The number of amides is 1. The molecule has 112 valence electrons. The molecule has 1 amide bonds. The number of hydrogen-bond acceptors (Lipinski definition) is 3. The molecule has 2 rings (SSSR count). The third kappa shape index (κ3) is 3.20. The molecule has 0 radical (unpaired) electrons. The van der Waals surface area contributed by atoms with E-state index in [1.807, 2.05) is 6.08 Å². The SMILES string of the molecule is CC(C)(C)OC(=O)N1CC(F)C2=CC=CC(CO)C2C1. The molecule has 0 spiro atoms. The number of fused-ring (bicyclic) bond motifs is 1. The van der Waals surface area contributed by atoms with Gasteiger partial charge in [-0.15, -0.1) is 0 Å². The smallest absolute Gasteiger partial charge is 0.410 e. The highest BCUT2D eigenvalue weighted by molar-refractivity contribution is 5.68. The minimum absolute atomic E-state index is 0.0171. The maximum Gasteiger partial charge on any atom is 0.410 e. The lowest BCUT2D eigenvalue weighted by molar-refractivity contribution is 0.0101. The zero-order chi connectivity index (χ0) is 14.9. The highest BCUT2D eigenvalue weighted by Gasteiger charge is 2.39. The highest BCUT2D eigenvalue weighted by Crippen LogP contribution is 2.34. The van der Waals surface area contributed by atoms with E-state index in [9.17, 15) is 14.3 Å². The Morgan fingerprint density at radius 3 is 2.80 bits per heavy atom. The number of rotatable bonds is 1. The van der Waals surface area contributed by atoms with Crippen LogP contribution in [0.2, 0.25) is 0 Å². The van der Waals surface area contributed by atoms with Crippen molar-refractivity contribution >= 4 is 6.09 Å². The normalized spacial score (nSPS) is 29.8. The van der Waals surface area contributed by atoms with Gasteiger partial charge in [-0.1, -0.05) is 18.2 Å². The number of carbonyl (C=O) groups excluding carboxylic acids is 1. The molecule has 1 N–H and O–H groups in total. The Bertz CT molecular complexity index is 439. The van der Waals surface area contributed by atoms with Crippen molar-refractivity contribution in [3.8, 4) is 0 Å². The zero-order valence-electron chi connectivity index (χ0n) is 12.2. The number of aliphatic hydroxyl groups excluding tert-OH is 1. The molecule has 20 heavy (non-hydrogen) atoms. The maximum absolute atomic E-state index is 14.2. The van der Waals surface area contributed by atoms with E-state index >= 15 is 0 Å². The van der Waals surface area contributed by atoms with Gasteiger partial charge in [-0.05, 0) is 26.3 Å². The van der Waals surface area contributed by atoms with Gasteiger partial charge in [0.05, 0.1) is 6.54 Å². The Morgan fingerprint density at radius 1 is 1.50 bits per heavy atom. The molecule has 1 heterocycles. The largest absolute Gasteiger partial charge is 0.444 e. The van der Waals surface area contributed by atoms with Crippen LogP contribution in [0.15, 0.2) is 23.8 Å². The summed E-state index contributed by atoms with van der Waals surface area (Å²) in [4.78, 5) is 13.5. The summed E-state index contributed by atoms with van der Waals surface area (Å²) in [6.07, 6.45) is 3.71. The molecule has 4 nitrogen and oxygen atoms in total. The molecule has 5 heteroatoms. The van der Waals surface area contributed by atoms with Crippen molar-refractivity contribution in [2.24, 2.45) is 11.8 Å². The lowest BCUT2D eigenvalue weighted by Crippen LogP contribution is -2.50. The predicted octanol–water partition coefficient (Wildman–Crippen LogP) is 2.30. The molecule has 0 saturated carbocycles. The summed E-state index contributed by atoms with van der Waals surface area (Å²) in [5, 5.41) is 9.39. The highest BCUT2D eigenvalue weighted by atomic mass is 19.1. The van der Waals surface area contributed by atoms with E-state index in [4.69, 9.17) is 4.74 Å². The molecule has 0 bridgehead atoms. The Hall–Kier alpha value is -1.36. The summed E-state index contributed by atoms with van der Waals surface area (Å²) in [7, 11) is 0. The summed E-state index contributed by atoms with van der Waals surface area (Å²) in [6.45, 7) is 5.71. The van der Waals surface area contributed by atoms with Crippen molar-refractivity contribution in [1.82, 2.24) is 4.90 Å². The first-order chi connectivity index (χ1) is 9.31. The number of allylic oxidation sites excluding steroid dienone is 2. The van der Waals surface area contributed by atoms with Gasteiger partial charge >= 0.3 is 6.09 Å². The quantitative estimate of drug-likeness (QED) is 0.803. The summed E-state index contributed by atoms with van der Waals surface area (Å²) in [6, 6.07) is 0. The number of hydrogen-bond donors (Lipinski definition) is 1. The number of carbonyl (C=O) groups is 1. The second-order valence-electron chi connectivity index (χ2n) is 6.36. The number of piperidine rings is 1. The second kappa shape index (κ2) is 5.56. The van der Waals surface area contributed by atoms with Crippen molar-refractivity contribution in [1.29, 1.82) is 0 Å². The average Bonchev–Trinajstić information content (AvgIpc) is 2.36. The van der Waals surface area contributed by atoms with Crippen LogP contribution in [0.1, 0.15) is 20.8 Å². The zero-order valence-corrected chi connectivity index (χ0v) is 12.2. The fourth-order valence-corrected chi connectivity index (χ4v) is 2.67. The maximum atomic E-state index is 14.2. The topological polar surface area (TPSA) is 49.8 Å². The summed E-state index contributed by atoms with van der Waals surface area (Å²) in [5.41, 5.74) is 0.0772. The number of alkyl halides is 1. The van der Waals surface area contributed by atoms with Crippen LogP contribution in [0.3, 0.4) is 0 Å². The van der Waals surface area contributed by atoms with Crippen LogP contribution in [-0.2, 0) is 4.74 Å². The Labute approximate surface area is 118 Å². The average molecular weight is 283 g/mol. The van der Waals surface area contributed by atoms with Crippen LogP contribution in [0.4, 0.5) is 9.18 Å². The summed E-state index contributed by atoms with van der Waals surface area (Å²) < 4.78 is 19.5. The summed E-state index contributed by atoms with van der Waals surface area (Å²) in [5.74, 6) is -0.306. The van der Waals surface area contributed by atoms with Crippen molar-refractivity contribution in [3.05, 3.63) is 23.8 Å². The van der Waals surface area contributed by atoms with E-state index in [0.717, 1.165) is 0 Å². The molecule has 1 aliphatic carbocycles. The molecule has 3 unspecified atom stereocenters. The van der Waals surface area contributed by atoms with Crippen LogP contribution < -0.4 is 0 Å². The third-order valence-corrected chi connectivity index (χ3v) is 3.61. The predicted molar refractivity (Wildman–Crippen MR) is 74.0 cm³/mol. The third-order valence-electron chi connectivity index (χ3n) is 3.61. The van der Waals surface area contributed by atoms with E-state index in [0.29, 0.717) is 12.1 Å². The van der Waals surface area contributed by atoms with Crippen LogP contribution in [0.25, 0.3) is 0 Å². The second-order valence-corrected chi connectivity index (χ2v) is 6.36. The molecule has 1 fully saturated rings. The number of likely N-dealkylation sites (tertiary alicyclic amines) is 1. The van der Waals surface area contributed by atoms with Gasteiger partial charge in [0.25, 0.3) is 0 Å². The van der Waals surface area contributed by atoms with E-state index in [1.54, 1.807) is 32.9 Å². The van der Waals surface area contributed by atoms with Crippen molar-refractivity contribution in [2.45, 2.75) is 32.5 Å². The van der Waals surface area contributed by atoms with Gasteiger partial charge in [0.1, 0.15) is 11.8 Å². The number of aliphatic hydroxyl groups is 1. The number of ether oxygens (including phenoxy) is 1. The molecule has 1 aliphatic heterocycles. The van der Waals surface area contributed by atoms with Gasteiger partial charge in [0.15, 0.2) is 0 Å². The minimum atomic E-state index is -1.19.